The maximum absolute atomic E-state index is 12.1. The quantitative estimate of drug-likeness (QED) is 0.781. The molecule has 1 amide bonds. The Morgan fingerprint density at radius 1 is 1.25 bits per heavy atom. The van der Waals surface area contributed by atoms with Crippen molar-refractivity contribution in [2.45, 2.75) is 12.5 Å². The average molecular weight is 298 g/mol. The third-order valence-electron chi connectivity index (χ3n) is 4.06. The summed E-state index contributed by atoms with van der Waals surface area (Å²) in [7, 11) is -2.85. The fourth-order valence-corrected chi connectivity index (χ4v) is 4.67. The molecule has 1 aromatic rings. The van der Waals surface area contributed by atoms with E-state index >= 15 is 0 Å². The number of hydrogen-bond donors (Lipinski definition) is 0. The van der Waals surface area contributed by atoms with Crippen LogP contribution in [-0.2, 0) is 9.84 Å². The Kier molecular flexibility index (Phi) is 3.55. The molecule has 2 saturated heterocycles. The fourth-order valence-electron chi connectivity index (χ4n) is 2.91. The molecule has 20 heavy (non-hydrogen) atoms. The maximum Gasteiger partial charge on any atom is 0.289 e. The first kappa shape index (κ1) is 13.6. The van der Waals surface area contributed by atoms with Gasteiger partial charge < -0.3 is 9.32 Å². The second kappa shape index (κ2) is 5.21. The van der Waals surface area contributed by atoms with Crippen LogP contribution in [0, 0.1) is 0 Å². The Balaban J connectivity index is 1.56. The predicted octanol–water partition coefficient (Wildman–Crippen LogP) is 0.224. The van der Waals surface area contributed by atoms with Gasteiger partial charge in [-0.25, -0.2) is 8.42 Å². The standard InChI is InChI=1S/C13H18N2O4S/c16-13(12-2-1-8-19-12)15-6-4-14(5-7-15)11-3-9-20(17,18)10-11/h1-2,8,11H,3-7,9-10H2. The van der Waals surface area contributed by atoms with Crippen LogP contribution in [0.3, 0.4) is 0 Å². The molecule has 6 nitrogen and oxygen atoms in total. The molecule has 1 unspecified atom stereocenters. The Labute approximate surface area is 118 Å². The molecule has 7 heteroatoms. The minimum Gasteiger partial charge on any atom is -0.459 e. The zero-order chi connectivity index (χ0) is 14.2. The molecule has 1 aromatic heterocycles. The number of sulfone groups is 1. The number of rotatable bonds is 2. The minimum absolute atomic E-state index is 0.0892. The van der Waals surface area contributed by atoms with E-state index in [2.05, 4.69) is 4.90 Å². The largest absolute Gasteiger partial charge is 0.459 e. The number of carbonyl (C=O) groups excluding carboxylic acids is 1. The van der Waals surface area contributed by atoms with Crippen molar-refractivity contribution in [1.82, 2.24) is 9.80 Å². The topological polar surface area (TPSA) is 70.8 Å². The predicted molar refractivity (Wildman–Crippen MR) is 73.2 cm³/mol. The van der Waals surface area contributed by atoms with Crippen LogP contribution in [0.15, 0.2) is 22.8 Å². The number of amides is 1. The summed E-state index contributed by atoms with van der Waals surface area (Å²) in [4.78, 5) is 16.1. The monoisotopic (exact) mass is 298 g/mol. The van der Waals surface area contributed by atoms with Gasteiger partial charge in [0.1, 0.15) is 0 Å². The lowest BCUT2D eigenvalue weighted by Crippen LogP contribution is -2.52. The molecule has 1 atom stereocenters. The van der Waals surface area contributed by atoms with Crippen molar-refractivity contribution >= 4 is 15.7 Å². The van der Waals surface area contributed by atoms with Crippen LogP contribution >= 0.6 is 0 Å². The Morgan fingerprint density at radius 3 is 2.55 bits per heavy atom. The number of nitrogens with zero attached hydrogens (tertiary/aromatic N) is 2. The summed E-state index contributed by atoms with van der Waals surface area (Å²) in [6, 6.07) is 3.49. The van der Waals surface area contributed by atoms with Gasteiger partial charge in [0.05, 0.1) is 17.8 Å². The van der Waals surface area contributed by atoms with Crippen LogP contribution in [-0.4, -0.2) is 67.9 Å². The summed E-state index contributed by atoms with van der Waals surface area (Å²) in [5.74, 6) is 0.832. The molecular weight excluding hydrogens is 280 g/mol. The molecule has 0 spiro atoms. The van der Waals surface area contributed by atoms with Crippen molar-refractivity contribution in [3.05, 3.63) is 24.2 Å². The summed E-state index contributed by atoms with van der Waals surface area (Å²) >= 11 is 0. The van der Waals surface area contributed by atoms with E-state index in [0.29, 0.717) is 31.0 Å². The Morgan fingerprint density at radius 2 is 2.00 bits per heavy atom. The molecule has 0 aliphatic carbocycles. The Hall–Kier alpha value is -1.34. The smallest absolute Gasteiger partial charge is 0.289 e. The number of carbonyl (C=O) groups is 1. The molecule has 3 heterocycles. The van der Waals surface area contributed by atoms with Gasteiger partial charge in [-0.05, 0) is 18.6 Å². The van der Waals surface area contributed by atoms with E-state index in [4.69, 9.17) is 4.42 Å². The fraction of sp³-hybridized carbons (Fsp3) is 0.615. The zero-order valence-electron chi connectivity index (χ0n) is 11.2. The van der Waals surface area contributed by atoms with E-state index in [9.17, 15) is 13.2 Å². The van der Waals surface area contributed by atoms with Gasteiger partial charge in [0.2, 0.25) is 0 Å². The maximum atomic E-state index is 12.1. The molecule has 0 aromatic carbocycles. The van der Waals surface area contributed by atoms with Gasteiger partial charge in [0.25, 0.3) is 5.91 Å². The van der Waals surface area contributed by atoms with E-state index in [0.717, 1.165) is 13.1 Å². The van der Waals surface area contributed by atoms with Gasteiger partial charge in [-0.2, -0.15) is 0 Å². The molecule has 0 saturated carbocycles. The highest BCUT2D eigenvalue weighted by Gasteiger charge is 2.34. The lowest BCUT2D eigenvalue weighted by atomic mass is 10.2. The molecule has 110 valence electrons. The van der Waals surface area contributed by atoms with E-state index in [1.165, 1.54) is 6.26 Å². The van der Waals surface area contributed by atoms with Crippen molar-refractivity contribution in [3.8, 4) is 0 Å². The molecule has 0 bridgehead atoms. The third kappa shape index (κ3) is 2.73. The van der Waals surface area contributed by atoms with E-state index < -0.39 is 9.84 Å². The van der Waals surface area contributed by atoms with Gasteiger partial charge in [-0.15, -0.1) is 0 Å². The highest BCUT2D eigenvalue weighted by atomic mass is 32.2. The second-order valence-electron chi connectivity index (χ2n) is 5.36. The Bertz CT molecular complexity index is 574. The van der Waals surface area contributed by atoms with Crippen LogP contribution in [0.4, 0.5) is 0 Å². The van der Waals surface area contributed by atoms with E-state index in [1.807, 2.05) is 0 Å². The van der Waals surface area contributed by atoms with E-state index in [1.54, 1.807) is 17.0 Å². The molecule has 2 aliphatic heterocycles. The van der Waals surface area contributed by atoms with Crippen LogP contribution < -0.4 is 0 Å². The van der Waals surface area contributed by atoms with Crippen molar-refractivity contribution in [1.29, 1.82) is 0 Å². The van der Waals surface area contributed by atoms with Gasteiger partial charge >= 0.3 is 0 Å². The summed E-state index contributed by atoms with van der Waals surface area (Å²) in [6.07, 6.45) is 2.21. The molecule has 0 N–H and O–H groups in total. The lowest BCUT2D eigenvalue weighted by molar-refractivity contribution is 0.0558. The zero-order valence-corrected chi connectivity index (χ0v) is 12.0. The van der Waals surface area contributed by atoms with Gasteiger partial charge in [-0.3, -0.25) is 9.69 Å². The van der Waals surface area contributed by atoms with Crippen LogP contribution in [0.25, 0.3) is 0 Å². The first-order valence-electron chi connectivity index (χ1n) is 6.82. The normalized spacial score (nSPS) is 26.8. The van der Waals surface area contributed by atoms with Crippen molar-refractivity contribution in [2.75, 3.05) is 37.7 Å². The van der Waals surface area contributed by atoms with Crippen LogP contribution in [0.1, 0.15) is 17.0 Å². The van der Waals surface area contributed by atoms with Gasteiger partial charge in [0.15, 0.2) is 15.6 Å². The molecular formula is C13H18N2O4S. The van der Waals surface area contributed by atoms with Crippen molar-refractivity contribution in [2.24, 2.45) is 0 Å². The van der Waals surface area contributed by atoms with Gasteiger partial charge in [0, 0.05) is 32.2 Å². The summed E-state index contributed by atoms with van der Waals surface area (Å²) in [5, 5.41) is 0. The molecule has 2 aliphatic rings. The van der Waals surface area contributed by atoms with Gasteiger partial charge in [-0.1, -0.05) is 0 Å². The summed E-state index contributed by atoms with van der Waals surface area (Å²) in [5.41, 5.74) is 0. The number of furan rings is 1. The second-order valence-corrected chi connectivity index (χ2v) is 7.59. The molecule has 3 rings (SSSR count). The number of hydrogen-bond acceptors (Lipinski definition) is 5. The average Bonchev–Trinajstić information content (AvgIpc) is 3.07. The first-order valence-corrected chi connectivity index (χ1v) is 8.64. The highest BCUT2D eigenvalue weighted by Crippen LogP contribution is 2.19. The molecule has 0 radical (unpaired) electrons. The third-order valence-corrected chi connectivity index (χ3v) is 5.81. The SMILES string of the molecule is O=C(c1ccco1)N1CCN(C2CCS(=O)(=O)C2)CC1. The summed E-state index contributed by atoms with van der Waals surface area (Å²) < 4.78 is 28.1. The minimum atomic E-state index is -2.85. The van der Waals surface area contributed by atoms with Crippen molar-refractivity contribution in [3.63, 3.8) is 0 Å². The molecule has 2 fully saturated rings. The number of piperazine rings is 1. The van der Waals surface area contributed by atoms with Crippen LogP contribution in [0.5, 0.6) is 0 Å². The lowest BCUT2D eigenvalue weighted by Gasteiger charge is -2.37. The summed E-state index contributed by atoms with van der Waals surface area (Å²) in [6.45, 7) is 2.70. The van der Waals surface area contributed by atoms with Crippen molar-refractivity contribution < 1.29 is 17.6 Å². The van der Waals surface area contributed by atoms with E-state index in [-0.39, 0.29) is 17.7 Å². The van der Waals surface area contributed by atoms with Crippen LogP contribution in [0.2, 0.25) is 0 Å². The first-order chi connectivity index (χ1) is 9.55. The highest BCUT2D eigenvalue weighted by molar-refractivity contribution is 7.91.